The molecule has 2 saturated heterocycles. The van der Waals surface area contributed by atoms with E-state index in [0.717, 1.165) is 42.4 Å². The number of benzene rings is 2. The molecular weight excluding hydrogens is 416 g/mol. The van der Waals surface area contributed by atoms with Crippen molar-refractivity contribution in [2.24, 2.45) is 0 Å². The van der Waals surface area contributed by atoms with Crippen molar-refractivity contribution >= 4 is 17.7 Å². The lowest BCUT2D eigenvalue weighted by Crippen LogP contribution is -2.46. The van der Waals surface area contributed by atoms with Gasteiger partial charge in [-0.25, -0.2) is 0 Å². The molecule has 1 saturated carbocycles. The Labute approximate surface area is 194 Å². The van der Waals surface area contributed by atoms with Gasteiger partial charge in [-0.15, -0.1) is 0 Å². The molecule has 1 aliphatic carbocycles. The zero-order valence-electron chi connectivity index (χ0n) is 19.0. The van der Waals surface area contributed by atoms with Gasteiger partial charge >= 0.3 is 0 Å². The van der Waals surface area contributed by atoms with Gasteiger partial charge in [0.05, 0.1) is 5.41 Å². The van der Waals surface area contributed by atoms with Gasteiger partial charge in [-0.3, -0.25) is 19.3 Å². The fourth-order valence-corrected chi connectivity index (χ4v) is 5.20. The van der Waals surface area contributed by atoms with Crippen LogP contribution in [-0.2, 0) is 24.5 Å². The van der Waals surface area contributed by atoms with E-state index in [1.54, 1.807) is 4.90 Å². The summed E-state index contributed by atoms with van der Waals surface area (Å²) >= 11 is 0. The molecule has 5 rings (SSSR count). The van der Waals surface area contributed by atoms with Crippen LogP contribution in [0.3, 0.4) is 0 Å². The number of imide groups is 1. The molecule has 6 heteroatoms. The Hall–Kier alpha value is -2.99. The van der Waals surface area contributed by atoms with Gasteiger partial charge in [-0.05, 0) is 42.4 Å². The topological polar surface area (TPSA) is 66.9 Å². The first-order valence-electron chi connectivity index (χ1n) is 11.9. The standard InChI is InChI=1S/C27H30N2O4/c1-28(22-13-15-33-16-14-22)24(30)17-27(18-25(31)29(26(27)32)23-11-12-23)21-9-7-20(8-10-21)19-5-3-2-4-6-19/h2-10,22-23H,11-18H2,1H3. The summed E-state index contributed by atoms with van der Waals surface area (Å²) in [6.45, 7) is 1.28. The molecule has 172 valence electrons. The molecule has 2 heterocycles. The highest BCUT2D eigenvalue weighted by atomic mass is 16.5. The van der Waals surface area contributed by atoms with Crippen LogP contribution in [0.25, 0.3) is 11.1 Å². The summed E-state index contributed by atoms with van der Waals surface area (Å²) in [5.74, 6) is -0.458. The second-order valence-corrected chi connectivity index (χ2v) is 9.53. The third-order valence-electron chi connectivity index (χ3n) is 7.39. The summed E-state index contributed by atoms with van der Waals surface area (Å²) in [5.41, 5.74) is 1.74. The number of amides is 3. The van der Waals surface area contributed by atoms with Gasteiger partial charge in [0.1, 0.15) is 0 Å². The minimum atomic E-state index is -1.13. The fraction of sp³-hybridized carbons (Fsp3) is 0.444. The monoisotopic (exact) mass is 446 g/mol. The highest BCUT2D eigenvalue weighted by Crippen LogP contribution is 2.45. The molecule has 0 bridgehead atoms. The number of rotatable bonds is 6. The average molecular weight is 447 g/mol. The van der Waals surface area contributed by atoms with Crippen LogP contribution < -0.4 is 0 Å². The van der Waals surface area contributed by atoms with E-state index in [9.17, 15) is 14.4 Å². The van der Waals surface area contributed by atoms with E-state index >= 15 is 0 Å². The molecule has 0 radical (unpaired) electrons. The first kappa shape index (κ1) is 21.8. The van der Waals surface area contributed by atoms with Crippen LogP contribution in [0.1, 0.15) is 44.1 Å². The quantitative estimate of drug-likeness (QED) is 0.637. The minimum absolute atomic E-state index is 0.00112. The van der Waals surface area contributed by atoms with Crippen LogP contribution in [0.4, 0.5) is 0 Å². The lowest BCUT2D eigenvalue weighted by molar-refractivity contribution is -0.143. The van der Waals surface area contributed by atoms with E-state index in [0.29, 0.717) is 13.2 Å². The first-order chi connectivity index (χ1) is 16.0. The SMILES string of the molecule is CN(C(=O)CC1(c2ccc(-c3ccccc3)cc2)CC(=O)N(C2CC2)C1=O)C1CCOCC1. The van der Waals surface area contributed by atoms with E-state index in [-0.39, 0.29) is 42.6 Å². The number of nitrogens with zero attached hydrogens (tertiary/aromatic N) is 2. The highest BCUT2D eigenvalue weighted by Gasteiger charge is 2.57. The summed E-state index contributed by atoms with van der Waals surface area (Å²) in [4.78, 5) is 43.3. The van der Waals surface area contributed by atoms with Gasteiger partial charge in [0, 0.05) is 45.2 Å². The van der Waals surface area contributed by atoms with Crippen molar-refractivity contribution in [2.45, 2.75) is 56.0 Å². The van der Waals surface area contributed by atoms with Crippen LogP contribution in [0.5, 0.6) is 0 Å². The maximum Gasteiger partial charge on any atom is 0.241 e. The predicted octanol–water partition coefficient (Wildman–Crippen LogP) is 3.54. The van der Waals surface area contributed by atoms with Crippen LogP contribution >= 0.6 is 0 Å². The molecular formula is C27H30N2O4. The lowest BCUT2D eigenvalue weighted by Gasteiger charge is -2.34. The predicted molar refractivity (Wildman–Crippen MR) is 124 cm³/mol. The number of likely N-dealkylation sites (tertiary alicyclic amines) is 1. The van der Waals surface area contributed by atoms with Crippen molar-refractivity contribution < 1.29 is 19.1 Å². The second-order valence-electron chi connectivity index (χ2n) is 9.53. The molecule has 33 heavy (non-hydrogen) atoms. The van der Waals surface area contributed by atoms with E-state index in [4.69, 9.17) is 4.74 Å². The Kier molecular flexibility index (Phi) is 5.79. The summed E-state index contributed by atoms with van der Waals surface area (Å²) in [6.07, 6.45) is 3.37. The molecule has 0 spiro atoms. The third kappa shape index (κ3) is 4.08. The highest BCUT2D eigenvalue weighted by molar-refractivity contribution is 6.11. The number of carbonyl (C=O) groups excluding carboxylic acids is 3. The van der Waals surface area contributed by atoms with Crippen molar-refractivity contribution in [2.75, 3.05) is 20.3 Å². The van der Waals surface area contributed by atoms with E-state index in [1.807, 2.05) is 61.6 Å². The Morgan fingerprint density at radius 1 is 0.970 bits per heavy atom. The van der Waals surface area contributed by atoms with E-state index < -0.39 is 5.41 Å². The number of hydrogen-bond donors (Lipinski definition) is 0. The average Bonchev–Trinajstić information content (AvgIpc) is 3.65. The Balaban J connectivity index is 1.46. The zero-order chi connectivity index (χ0) is 23.0. The Morgan fingerprint density at radius 2 is 1.61 bits per heavy atom. The second kappa shape index (κ2) is 8.75. The normalized spacial score (nSPS) is 23.7. The van der Waals surface area contributed by atoms with Gasteiger partial charge in [-0.2, -0.15) is 0 Å². The Bertz CT molecular complexity index is 1040. The molecule has 0 aromatic heterocycles. The van der Waals surface area contributed by atoms with Gasteiger partial charge in [0.25, 0.3) is 0 Å². The van der Waals surface area contributed by atoms with Crippen LogP contribution in [-0.4, -0.2) is 59.9 Å². The Morgan fingerprint density at radius 3 is 2.24 bits per heavy atom. The lowest BCUT2D eigenvalue weighted by atomic mass is 9.75. The van der Waals surface area contributed by atoms with Gasteiger partial charge in [0.2, 0.25) is 17.7 Å². The molecule has 1 unspecified atom stereocenters. The van der Waals surface area contributed by atoms with Crippen molar-refractivity contribution in [3.05, 3.63) is 60.2 Å². The molecule has 2 aromatic rings. The van der Waals surface area contributed by atoms with Crippen LogP contribution in [0.2, 0.25) is 0 Å². The molecule has 6 nitrogen and oxygen atoms in total. The van der Waals surface area contributed by atoms with E-state index in [2.05, 4.69) is 0 Å². The smallest absolute Gasteiger partial charge is 0.241 e. The largest absolute Gasteiger partial charge is 0.381 e. The van der Waals surface area contributed by atoms with Gasteiger partial charge in [-0.1, -0.05) is 54.6 Å². The maximum absolute atomic E-state index is 13.7. The number of hydrogen-bond acceptors (Lipinski definition) is 4. The fourth-order valence-electron chi connectivity index (χ4n) is 5.20. The van der Waals surface area contributed by atoms with Crippen molar-refractivity contribution in [1.82, 2.24) is 9.80 Å². The maximum atomic E-state index is 13.7. The third-order valence-corrected chi connectivity index (χ3v) is 7.39. The van der Waals surface area contributed by atoms with Crippen LogP contribution in [0.15, 0.2) is 54.6 Å². The number of ether oxygens (including phenoxy) is 1. The molecule has 1 atom stereocenters. The molecule has 3 amide bonds. The summed E-state index contributed by atoms with van der Waals surface area (Å²) in [6, 6.07) is 17.9. The summed E-state index contributed by atoms with van der Waals surface area (Å²) < 4.78 is 5.43. The summed E-state index contributed by atoms with van der Waals surface area (Å²) in [7, 11) is 1.81. The molecule has 2 aliphatic heterocycles. The van der Waals surface area contributed by atoms with Crippen LogP contribution in [0, 0.1) is 0 Å². The molecule has 2 aromatic carbocycles. The minimum Gasteiger partial charge on any atom is -0.381 e. The van der Waals surface area contributed by atoms with Crippen molar-refractivity contribution in [3.63, 3.8) is 0 Å². The molecule has 3 aliphatic rings. The van der Waals surface area contributed by atoms with E-state index in [1.165, 1.54) is 4.90 Å². The number of carbonyl (C=O) groups is 3. The summed E-state index contributed by atoms with van der Waals surface area (Å²) in [5, 5.41) is 0. The van der Waals surface area contributed by atoms with Gasteiger partial charge in [0.15, 0.2) is 0 Å². The zero-order valence-corrected chi connectivity index (χ0v) is 19.0. The molecule has 0 N–H and O–H groups in total. The molecule has 3 fully saturated rings. The van der Waals surface area contributed by atoms with Crippen molar-refractivity contribution in [1.29, 1.82) is 0 Å². The first-order valence-corrected chi connectivity index (χ1v) is 11.9. The van der Waals surface area contributed by atoms with Gasteiger partial charge < -0.3 is 9.64 Å². The van der Waals surface area contributed by atoms with Crippen molar-refractivity contribution in [3.8, 4) is 11.1 Å².